The third-order valence-electron chi connectivity index (χ3n) is 4.44. The molecule has 1 heterocycles. The first-order valence-corrected chi connectivity index (χ1v) is 8.65. The van der Waals surface area contributed by atoms with Crippen molar-refractivity contribution < 1.29 is 9.53 Å². The Morgan fingerprint density at radius 3 is 2.24 bits per heavy atom. The van der Waals surface area contributed by atoms with Gasteiger partial charge in [-0.05, 0) is 23.3 Å². The Kier molecular flexibility index (Phi) is 5.86. The second-order valence-electron chi connectivity index (χ2n) is 6.15. The summed E-state index contributed by atoms with van der Waals surface area (Å²) in [5.41, 5.74) is 2.31. The zero-order valence-electron chi connectivity index (χ0n) is 14.4. The maximum absolute atomic E-state index is 12.3. The Balaban J connectivity index is 1.48. The standard InChI is InChI=1S/C21H24N2O2/c1-2-12-22-13-15-23(16-14-22)21(24)17-25-20-10-8-19(9-11-20)18-6-4-3-5-7-18/h2-11H,1,12-17H2. The molecule has 0 aliphatic carbocycles. The number of hydrogen-bond donors (Lipinski definition) is 0. The highest BCUT2D eigenvalue weighted by atomic mass is 16.5. The second-order valence-corrected chi connectivity index (χ2v) is 6.15. The normalized spacial score (nSPS) is 15.0. The molecule has 0 atom stereocenters. The summed E-state index contributed by atoms with van der Waals surface area (Å²) in [6.07, 6.45) is 1.90. The number of benzene rings is 2. The van der Waals surface area contributed by atoms with Crippen molar-refractivity contribution in [1.82, 2.24) is 9.80 Å². The van der Waals surface area contributed by atoms with E-state index in [1.54, 1.807) is 0 Å². The van der Waals surface area contributed by atoms with Gasteiger partial charge in [0, 0.05) is 32.7 Å². The maximum atomic E-state index is 12.3. The van der Waals surface area contributed by atoms with Gasteiger partial charge in [-0.15, -0.1) is 6.58 Å². The summed E-state index contributed by atoms with van der Waals surface area (Å²) >= 11 is 0. The first-order chi connectivity index (χ1) is 12.3. The van der Waals surface area contributed by atoms with Crippen LogP contribution in [0.5, 0.6) is 5.75 Å². The van der Waals surface area contributed by atoms with Gasteiger partial charge in [0.1, 0.15) is 5.75 Å². The zero-order chi connectivity index (χ0) is 17.5. The molecule has 0 N–H and O–H groups in total. The van der Waals surface area contributed by atoms with Crippen LogP contribution in [-0.2, 0) is 4.79 Å². The third kappa shape index (κ3) is 4.70. The molecule has 0 bridgehead atoms. The number of rotatable bonds is 6. The van der Waals surface area contributed by atoms with Crippen LogP contribution >= 0.6 is 0 Å². The number of carbonyl (C=O) groups excluding carboxylic acids is 1. The van der Waals surface area contributed by atoms with E-state index in [2.05, 4.69) is 23.6 Å². The molecular formula is C21H24N2O2. The fourth-order valence-electron chi connectivity index (χ4n) is 2.97. The molecule has 2 aromatic rings. The number of amides is 1. The summed E-state index contributed by atoms with van der Waals surface area (Å²) in [6, 6.07) is 18.1. The van der Waals surface area contributed by atoms with Gasteiger partial charge in [0.25, 0.3) is 5.91 Å². The van der Waals surface area contributed by atoms with Crippen molar-refractivity contribution in [2.75, 3.05) is 39.3 Å². The van der Waals surface area contributed by atoms with Crippen LogP contribution in [0.2, 0.25) is 0 Å². The average molecular weight is 336 g/mol. The van der Waals surface area contributed by atoms with Gasteiger partial charge in [-0.3, -0.25) is 9.69 Å². The average Bonchev–Trinajstić information content (AvgIpc) is 2.68. The predicted molar refractivity (Wildman–Crippen MR) is 101 cm³/mol. The van der Waals surface area contributed by atoms with Gasteiger partial charge in [0.15, 0.2) is 6.61 Å². The molecule has 25 heavy (non-hydrogen) atoms. The Morgan fingerprint density at radius 1 is 0.960 bits per heavy atom. The molecule has 1 saturated heterocycles. The Labute approximate surface area is 149 Å². The maximum Gasteiger partial charge on any atom is 0.260 e. The third-order valence-corrected chi connectivity index (χ3v) is 4.44. The van der Waals surface area contributed by atoms with Crippen LogP contribution in [-0.4, -0.2) is 55.0 Å². The topological polar surface area (TPSA) is 32.8 Å². The van der Waals surface area contributed by atoms with E-state index in [0.29, 0.717) is 0 Å². The molecule has 1 aliphatic rings. The molecule has 0 saturated carbocycles. The van der Waals surface area contributed by atoms with Gasteiger partial charge >= 0.3 is 0 Å². The molecule has 130 valence electrons. The summed E-state index contributed by atoms with van der Waals surface area (Å²) in [5, 5.41) is 0. The van der Waals surface area contributed by atoms with Gasteiger partial charge in [-0.1, -0.05) is 48.5 Å². The monoisotopic (exact) mass is 336 g/mol. The highest BCUT2D eigenvalue weighted by Gasteiger charge is 2.20. The minimum atomic E-state index is 0.0467. The minimum Gasteiger partial charge on any atom is -0.484 e. The minimum absolute atomic E-state index is 0.0467. The van der Waals surface area contributed by atoms with Crippen molar-refractivity contribution in [3.63, 3.8) is 0 Å². The summed E-state index contributed by atoms with van der Waals surface area (Å²) in [5.74, 6) is 0.767. The lowest BCUT2D eigenvalue weighted by Crippen LogP contribution is -2.49. The summed E-state index contributed by atoms with van der Waals surface area (Å²) < 4.78 is 5.67. The van der Waals surface area contributed by atoms with Crippen molar-refractivity contribution in [3.8, 4) is 16.9 Å². The Bertz CT molecular complexity index is 690. The lowest BCUT2D eigenvalue weighted by Gasteiger charge is -2.34. The number of carbonyl (C=O) groups is 1. The van der Waals surface area contributed by atoms with Crippen molar-refractivity contribution in [3.05, 3.63) is 67.3 Å². The quantitative estimate of drug-likeness (QED) is 0.760. The number of ether oxygens (including phenoxy) is 1. The summed E-state index contributed by atoms with van der Waals surface area (Å²) in [7, 11) is 0. The molecule has 2 aromatic carbocycles. The number of nitrogens with zero attached hydrogens (tertiary/aromatic N) is 2. The smallest absolute Gasteiger partial charge is 0.260 e. The first kappa shape index (κ1) is 17.2. The molecule has 4 heteroatoms. The summed E-state index contributed by atoms with van der Waals surface area (Å²) in [4.78, 5) is 16.5. The van der Waals surface area contributed by atoms with Crippen molar-refractivity contribution in [2.45, 2.75) is 0 Å². The SMILES string of the molecule is C=CCN1CCN(C(=O)COc2ccc(-c3ccccc3)cc2)CC1. The van der Waals surface area contributed by atoms with Crippen LogP contribution < -0.4 is 4.74 Å². The van der Waals surface area contributed by atoms with Crippen LogP contribution in [0.25, 0.3) is 11.1 Å². The lowest BCUT2D eigenvalue weighted by molar-refractivity contribution is -0.135. The van der Waals surface area contributed by atoms with E-state index in [-0.39, 0.29) is 12.5 Å². The van der Waals surface area contributed by atoms with Crippen LogP contribution in [0.15, 0.2) is 67.3 Å². The molecule has 0 aromatic heterocycles. The largest absolute Gasteiger partial charge is 0.484 e. The van der Waals surface area contributed by atoms with Gasteiger partial charge in [0.05, 0.1) is 0 Å². The van der Waals surface area contributed by atoms with E-state index in [0.717, 1.165) is 44.0 Å². The number of hydrogen-bond acceptors (Lipinski definition) is 3. The van der Waals surface area contributed by atoms with E-state index < -0.39 is 0 Å². The molecule has 0 unspecified atom stereocenters. The van der Waals surface area contributed by atoms with Gasteiger partial charge in [-0.2, -0.15) is 0 Å². The van der Waals surface area contributed by atoms with Crippen LogP contribution in [0.3, 0.4) is 0 Å². The van der Waals surface area contributed by atoms with Crippen molar-refractivity contribution in [2.24, 2.45) is 0 Å². The fourth-order valence-corrected chi connectivity index (χ4v) is 2.97. The molecule has 4 nitrogen and oxygen atoms in total. The van der Waals surface area contributed by atoms with E-state index in [9.17, 15) is 4.79 Å². The van der Waals surface area contributed by atoms with Crippen LogP contribution in [0.4, 0.5) is 0 Å². The van der Waals surface area contributed by atoms with E-state index >= 15 is 0 Å². The Morgan fingerprint density at radius 2 is 1.60 bits per heavy atom. The zero-order valence-corrected chi connectivity index (χ0v) is 14.4. The highest BCUT2D eigenvalue weighted by Crippen LogP contribution is 2.22. The molecule has 0 spiro atoms. The van der Waals surface area contributed by atoms with Crippen molar-refractivity contribution >= 4 is 5.91 Å². The predicted octanol–water partition coefficient (Wildman–Crippen LogP) is 3.06. The lowest BCUT2D eigenvalue weighted by atomic mass is 10.1. The molecule has 1 amide bonds. The Hall–Kier alpha value is -2.59. The molecule has 1 fully saturated rings. The van der Waals surface area contributed by atoms with Crippen LogP contribution in [0, 0.1) is 0 Å². The van der Waals surface area contributed by atoms with Crippen LogP contribution in [0.1, 0.15) is 0 Å². The van der Waals surface area contributed by atoms with Gasteiger partial charge < -0.3 is 9.64 Å². The summed E-state index contributed by atoms with van der Waals surface area (Å²) in [6.45, 7) is 8.02. The van der Waals surface area contributed by atoms with E-state index in [1.165, 1.54) is 5.56 Å². The second kappa shape index (κ2) is 8.49. The van der Waals surface area contributed by atoms with Crippen molar-refractivity contribution in [1.29, 1.82) is 0 Å². The van der Waals surface area contributed by atoms with Gasteiger partial charge in [0.2, 0.25) is 0 Å². The molecule has 0 radical (unpaired) electrons. The highest BCUT2D eigenvalue weighted by molar-refractivity contribution is 5.78. The molecule has 1 aliphatic heterocycles. The van der Waals surface area contributed by atoms with Gasteiger partial charge in [-0.25, -0.2) is 0 Å². The van der Waals surface area contributed by atoms with E-state index in [4.69, 9.17) is 4.74 Å². The number of piperazine rings is 1. The van der Waals surface area contributed by atoms with E-state index in [1.807, 2.05) is 53.4 Å². The molecule has 3 rings (SSSR count). The fraction of sp³-hybridized carbons (Fsp3) is 0.286. The molecular weight excluding hydrogens is 312 g/mol. The first-order valence-electron chi connectivity index (χ1n) is 8.65.